The highest BCUT2D eigenvalue weighted by Gasteiger charge is 2.07. The third kappa shape index (κ3) is 4.61. The normalized spacial score (nSPS) is 11.7. The van der Waals surface area contributed by atoms with Crippen LogP contribution in [0.5, 0.6) is 5.75 Å². The van der Waals surface area contributed by atoms with Crippen LogP contribution >= 0.6 is 15.9 Å². The Hall–Kier alpha value is -1.79. The van der Waals surface area contributed by atoms with Crippen LogP contribution < -0.4 is 4.72 Å². The van der Waals surface area contributed by atoms with Crippen molar-refractivity contribution in [2.75, 3.05) is 4.72 Å². The van der Waals surface area contributed by atoms with E-state index in [2.05, 4.69) is 20.7 Å². The van der Waals surface area contributed by atoms with Gasteiger partial charge in [0.05, 0.1) is 15.6 Å². The topological polar surface area (TPSA) is 66.4 Å². The molecule has 0 amide bonds. The Balaban J connectivity index is 2.14. The lowest BCUT2D eigenvalue weighted by Crippen LogP contribution is -2.08. The molecule has 110 valence electrons. The van der Waals surface area contributed by atoms with Crippen LogP contribution in [-0.4, -0.2) is 13.5 Å². The van der Waals surface area contributed by atoms with Gasteiger partial charge in [-0.2, -0.15) is 0 Å². The van der Waals surface area contributed by atoms with Gasteiger partial charge >= 0.3 is 0 Å². The number of phenols is 1. The van der Waals surface area contributed by atoms with Crippen LogP contribution in [0.4, 0.5) is 5.69 Å². The van der Waals surface area contributed by atoms with Crippen LogP contribution in [0.15, 0.2) is 52.3 Å². The van der Waals surface area contributed by atoms with Gasteiger partial charge in [0, 0.05) is 6.07 Å². The predicted octanol–water partition coefficient (Wildman–Crippen LogP) is 3.88. The van der Waals surface area contributed by atoms with Crippen LogP contribution in [0.2, 0.25) is 0 Å². The molecular formula is C15H14BrNO3S. The zero-order chi connectivity index (χ0) is 15.5. The first-order valence-corrected chi connectivity index (χ1v) is 8.46. The Bertz CT molecular complexity index is 768. The molecule has 2 rings (SSSR count). The van der Waals surface area contributed by atoms with Gasteiger partial charge in [0.1, 0.15) is 5.75 Å². The Morgan fingerprint density at radius 2 is 1.81 bits per heavy atom. The first-order valence-electron chi connectivity index (χ1n) is 6.12. The molecule has 4 nitrogen and oxygen atoms in total. The van der Waals surface area contributed by atoms with Gasteiger partial charge in [-0.15, -0.1) is 0 Å². The van der Waals surface area contributed by atoms with Gasteiger partial charge in [0.2, 0.25) is 0 Å². The van der Waals surface area contributed by atoms with E-state index in [9.17, 15) is 13.5 Å². The summed E-state index contributed by atoms with van der Waals surface area (Å²) in [6.07, 6.45) is 1.51. The number of hydrogen-bond acceptors (Lipinski definition) is 3. The maximum absolute atomic E-state index is 11.9. The first-order chi connectivity index (χ1) is 9.85. The minimum atomic E-state index is -3.63. The van der Waals surface area contributed by atoms with Crippen molar-refractivity contribution >= 4 is 37.7 Å². The molecule has 0 heterocycles. The molecule has 6 heteroatoms. The minimum Gasteiger partial charge on any atom is -0.507 e. The predicted molar refractivity (Wildman–Crippen MR) is 88.6 cm³/mol. The highest BCUT2D eigenvalue weighted by atomic mass is 79.9. The summed E-state index contributed by atoms with van der Waals surface area (Å²) in [6.45, 7) is 1.96. The van der Waals surface area contributed by atoms with Gasteiger partial charge in [-0.1, -0.05) is 29.8 Å². The van der Waals surface area contributed by atoms with Crippen LogP contribution in [-0.2, 0) is 10.0 Å². The highest BCUT2D eigenvalue weighted by Crippen LogP contribution is 2.27. The molecule has 0 saturated heterocycles. The quantitative estimate of drug-likeness (QED) is 0.861. The van der Waals surface area contributed by atoms with E-state index in [1.165, 1.54) is 12.1 Å². The summed E-state index contributed by atoms with van der Waals surface area (Å²) in [6, 6.07) is 12.0. The Morgan fingerprint density at radius 1 is 1.14 bits per heavy atom. The lowest BCUT2D eigenvalue weighted by atomic mass is 10.2. The number of rotatable bonds is 4. The number of aromatic hydroxyl groups is 1. The van der Waals surface area contributed by atoms with Crippen LogP contribution in [0, 0.1) is 6.92 Å². The molecule has 0 unspecified atom stereocenters. The second kappa shape index (κ2) is 6.32. The SMILES string of the molecule is Cc1ccc(/C=C/S(=O)(=O)Nc2ccc(Br)c(O)c2)cc1. The smallest absolute Gasteiger partial charge is 0.255 e. The number of aryl methyl sites for hydroxylation is 1. The van der Waals surface area contributed by atoms with Gasteiger partial charge in [0.25, 0.3) is 10.0 Å². The van der Waals surface area contributed by atoms with E-state index in [0.29, 0.717) is 10.2 Å². The summed E-state index contributed by atoms with van der Waals surface area (Å²) in [7, 11) is -3.63. The van der Waals surface area contributed by atoms with Gasteiger partial charge in [-0.05, 0) is 46.6 Å². The first kappa shape index (κ1) is 15.6. The fraction of sp³-hybridized carbons (Fsp3) is 0.0667. The van der Waals surface area contributed by atoms with Gasteiger partial charge in [0.15, 0.2) is 0 Å². The number of benzene rings is 2. The van der Waals surface area contributed by atoms with Crippen molar-refractivity contribution in [3.05, 3.63) is 63.5 Å². The fourth-order valence-corrected chi connectivity index (χ4v) is 2.73. The monoisotopic (exact) mass is 367 g/mol. The van der Waals surface area contributed by atoms with Gasteiger partial charge in [-0.3, -0.25) is 4.72 Å². The van der Waals surface area contributed by atoms with Crippen molar-refractivity contribution in [2.24, 2.45) is 0 Å². The van der Waals surface area contributed by atoms with E-state index < -0.39 is 10.0 Å². The van der Waals surface area contributed by atoms with E-state index in [1.807, 2.05) is 31.2 Å². The summed E-state index contributed by atoms with van der Waals surface area (Å²) >= 11 is 3.13. The number of nitrogens with one attached hydrogen (secondary N) is 1. The van der Waals surface area contributed by atoms with Gasteiger partial charge < -0.3 is 5.11 Å². The minimum absolute atomic E-state index is 0.0299. The second-order valence-electron chi connectivity index (χ2n) is 4.53. The molecule has 0 aliphatic carbocycles. The van der Waals surface area contributed by atoms with E-state index in [4.69, 9.17) is 0 Å². The average Bonchev–Trinajstić information content (AvgIpc) is 2.42. The molecule has 0 radical (unpaired) electrons. The maximum atomic E-state index is 11.9. The molecule has 21 heavy (non-hydrogen) atoms. The number of hydrogen-bond donors (Lipinski definition) is 2. The van der Waals surface area contributed by atoms with Gasteiger partial charge in [-0.25, -0.2) is 8.42 Å². The largest absolute Gasteiger partial charge is 0.507 e. The summed E-state index contributed by atoms with van der Waals surface area (Å²) in [5.74, 6) is -0.0299. The number of sulfonamides is 1. The van der Waals surface area contributed by atoms with Crippen molar-refractivity contribution in [2.45, 2.75) is 6.92 Å². The summed E-state index contributed by atoms with van der Waals surface area (Å²) in [5, 5.41) is 10.6. The number of anilines is 1. The lowest BCUT2D eigenvalue weighted by molar-refractivity contribution is 0.472. The number of phenolic OH excluding ortho intramolecular Hbond substituents is 1. The third-order valence-corrected chi connectivity index (χ3v) is 4.41. The van der Waals surface area contributed by atoms with E-state index >= 15 is 0 Å². The molecule has 0 atom stereocenters. The van der Waals surface area contributed by atoms with E-state index in [-0.39, 0.29) is 5.75 Å². The van der Waals surface area contributed by atoms with Crippen LogP contribution in [0.3, 0.4) is 0 Å². The lowest BCUT2D eigenvalue weighted by Gasteiger charge is -2.05. The molecule has 0 saturated carbocycles. The zero-order valence-corrected chi connectivity index (χ0v) is 13.6. The van der Waals surface area contributed by atoms with Crippen LogP contribution in [0.1, 0.15) is 11.1 Å². The molecule has 0 spiro atoms. The molecule has 0 aromatic heterocycles. The molecule has 0 fully saturated rings. The second-order valence-corrected chi connectivity index (χ2v) is 6.95. The number of halogens is 1. The zero-order valence-electron chi connectivity index (χ0n) is 11.2. The van der Waals surface area contributed by atoms with Crippen molar-refractivity contribution in [1.82, 2.24) is 0 Å². The van der Waals surface area contributed by atoms with Crippen molar-refractivity contribution < 1.29 is 13.5 Å². The third-order valence-electron chi connectivity index (χ3n) is 2.72. The maximum Gasteiger partial charge on any atom is 0.255 e. The van der Waals surface area contributed by atoms with Crippen molar-refractivity contribution in [3.63, 3.8) is 0 Å². The molecule has 0 aliphatic heterocycles. The highest BCUT2D eigenvalue weighted by molar-refractivity contribution is 9.10. The molecule has 0 aliphatic rings. The fourth-order valence-electron chi connectivity index (χ4n) is 1.62. The molecule has 2 aromatic carbocycles. The Morgan fingerprint density at radius 3 is 2.43 bits per heavy atom. The van der Waals surface area contributed by atoms with Crippen molar-refractivity contribution in [3.8, 4) is 5.75 Å². The Labute approximate surface area is 132 Å². The van der Waals surface area contributed by atoms with E-state index in [1.54, 1.807) is 12.1 Å². The molecule has 2 aromatic rings. The molecule has 0 bridgehead atoms. The Kier molecular flexibility index (Phi) is 4.69. The van der Waals surface area contributed by atoms with Crippen LogP contribution in [0.25, 0.3) is 6.08 Å². The summed E-state index contributed by atoms with van der Waals surface area (Å²) in [5.41, 5.74) is 2.20. The average molecular weight is 368 g/mol. The molecular weight excluding hydrogens is 354 g/mol. The summed E-state index contributed by atoms with van der Waals surface area (Å²) in [4.78, 5) is 0. The summed E-state index contributed by atoms with van der Waals surface area (Å²) < 4.78 is 26.8. The standard InChI is InChI=1S/C15H14BrNO3S/c1-11-2-4-12(5-3-11)8-9-21(19,20)17-13-6-7-14(16)15(18)10-13/h2-10,17-18H,1H3/b9-8+. The van der Waals surface area contributed by atoms with Crippen molar-refractivity contribution in [1.29, 1.82) is 0 Å². The molecule has 2 N–H and O–H groups in total. The van der Waals surface area contributed by atoms with E-state index in [0.717, 1.165) is 16.5 Å².